The molecule has 116 valence electrons. The average Bonchev–Trinajstić information content (AvgIpc) is 2.53. The summed E-state index contributed by atoms with van der Waals surface area (Å²) in [5, 5.41) is 0. The van der Waals surface area contributed by atoms with E-state index in [9.17, 15) is 4.79 Å². The fraction of sp³-hybridized carbons (Fsp3) is 0.333. The van der Waals surface area contributed by atoms with Crippen molar-refractivity contribution >= 4 is 5.78 Å². The minimum atomic E-state index is 0.0705. The van der Waals surface area contributed by atoms with Crippen molar-refractivity contribution < 1.29 is 14.3 Å². The standard InChI is InChI=1S/C18H21NO3/c1-13(2)22-18-11-14(7-9-17(18)21-3)6-8-16(20)15-5-4-10-19-12-15/h4-5,7,9-13H,6,8H2,1-3H3. The second-order valence-corrected chi connectivity index (χ2v) is 5.32. The smallest absolute Gasteiger partial charge is 0.164 e. The number of benzene rings is 1. The monoisotopic (exact) mass is 299 g/mol. The Labute approximate surface area is 131 Å². The molecule has 0 fully saturated rings. The van der Waals surface area contributed by atoms with Gasteiger partial charge in [-0.1, -0.05) is 6.07 Å². The van der Waals surface area contributed by atoms with Gasteiger partial charge in [0.1, 0.15) is 0 Å². The molecule has 0 aliphatic rings. The second-order valence-electron chi connectivity index (χ2n) is 5.32. The van der Waals surface area contributed by atoms with Gasteiger partial charge in [-0.25, -0.2) is 0 Å². The minimum absolute atomic E-state index is 0.0705. The lowest BCUT2D eigenvalue weighted by atomic mass is 10.0. The molecule has 2 rings (SSSR count). The number of methoxy groups -OCH3 is 1. The summed E-state index contributed by atoms with van der Waals surface area (Å²) in [6.07, 6.45) is 4.44. The number of aryl methyl sites for hydroxylation is 1. The SMILES string of the molecule is COc1ccc(CCC(=O)c2cccnc2)cc1OC(C)C. The van der Waals surface area contributed by atoms with E-state index in [1.807, 2.05) is 32.0 Å². The van der Waals surface area contributed by atoms with Gasteiger partial charge in [-0.3, -0.25) is 9.78 Å². The first kappa shape index (κ1) is 16.0. The Bertz CT molecular complexity index is 623. The number of Topliss-reactive ketones (excluding diaryl/α,β-unsaturated/α-hetero) is 1. The lowest BCUT2D eigenvalue weighted by Crippen LogP contribution is -2.07. The number of pyridine rings is 1. The lowest BCUT2D eigenvalue weighted by Gasteiger charge is -2.14. The first-order valence-electron chi connectivity index (χ1n) is 7.37. The number of ketones is 1. The van der Waals surface area contributed by atoms with Crippen LogP contribution in [-0.2, 0) is 6.42 Å². The number of hydrogen-bond acceptors (Lipinski definition) is 4. The third-order valence-electron chi connectivity index (χ3n) is 3.21. The minimum Gasteiger partial charge on any atom is -0.493 e. The van der Waals surface area contributed by atoms with E-state index in [0.29, 0.717) is 29.9 Å². The summed E-state index contributed by atoms with van der Waals surface area (Å²) in [4.78, 5) is 16.1. The Kier molecular flexibility index (Phi) is 5.53. The van der Waals surface area contributed by atoms with E-state index in [1.165, 1.54) is 0 Å². The van der Waals surface area contributed by atoms with Gasteiger partial charge in [-0.2, -0.15) is 0 Å². The normalized spacial score (nSPS) is 10.5. The third kappa shape index (κ3) is 4.32. The van der Waals surface area contributed by atoms with E-state index < -0.39 is 0 Å². The first-order valence-corrected chi connectivity index (χ1v) is 7.37. The van der Waals surface area contributed by atoms with E-state index in [0.717, 1.165) is 5.56 Å². The molecule has 0 saturated heterocycles. The molecule has 0 aliphatic carbocycles. The van der Waals surface area contributed by atoms with E-state index in [-0.39, 0.29) is 11.9 Å². The molecular formula is C18H21NO3. The molecule has 0 radical (unpaired) electrons. The number of carbonyl (C=O) groups excluding carboxylic acids is 1. The maximum atomic E-state index is 12.1. The van der Waals surface area contributed by atoms with Gasteiger partial charge < -0.3 is 9.47 Å². The molecule has 0 aliphatic heterocycles. The lowest BCUT2D eigenvalue weighted by molar-refractivity contribution is 0.0982. The van der Waals surface area contributed by atoms with Crippen LogP contribution in [0, 0.1) is 0 Å². The van der Waals surface area contributed by atoms with Crippen LogP contribution in [0.5, 0.6) is 11.5 Å². The fourth-order valence-corrected chi connectivity index (χ4v) is 2.15. The van der Waals surface area contributed by atoms with Crippen molar-refractivity contribution in [1.82, 2.24) is 4.98 Å². The number of ether oxygens (including phenoxy) is 2. The summed E-state index contributed by atoms with van der Waals surface area (Å²) in [5.41, 5.74) is 1.70. The summed E-state index contributed by atoms with van der Waals surface area (Å²) in [6.45, 7) is 3.94. The molecule has 0 amide bonds. The second kappa shape index (κ2) is 7.59. The van der Waals surface area contributed by atoms with Crippen LogP contribution in [0.25, 0.3) is 0 Å². The van der Waals surface area contributed by atoms with Crippen LogP contribution in [0.15, 0.2) is 42.7 Å². The highest BCUT2D eigenvalue weighted by Gasteiger charge is 2.10. The Balaban J connectivity index is 2.05. The van der Waals surface area contributed by atoms with E-state index in [2.05, 4.69) is 4.98 Å². The van der Waals surface area contributed by atoms with Gasteiger partial charge in [-0.15, -0.1) is 0 Å². The summed E-state index contributed by atoms with van der Waals surface area (Å²) in [7, 11) is 1.62. The predicted molar refractivity (Wildman–Crippen MR) is 85.6 cm³/mol. The van der Waals surface area contributed by atoms with Gasteiger partial charge in [-0.05, 0) is 50.1 Å². The van der Waals surface area contributed by atoms with Gasteiger partial charge >= 0.3 is 0 Å². The van der Waals surface area contributed by atoms with Crippen molar-refractivity contribution in [3.63, 3.8) is 0 Å². The zero-order chi connectivity index (χ0) is 15.9. The van der Waals surface area contributed by atoms with Crippen LogP contribution in [-0.4, -0.2) is 24.0 Å². The molecule has 0 saturated carbocycles. The summed E-state index contributed by atoms with van der Waals surface area (Å²) < 4.78 is 11.0. The van der Waals surface area contributed by atoms with Gasteiger partial charge in [0.05, 0.1) is 13.2 Å². The molecule has 1 heterocycles. The highest BCUT2D eigenvalue weighted by Crippen LogP contribution is 2.29. The maximum Gasteiger partial charge on any atom is 0.164 e. The van der Waals surface area contributed by atoms with Crippen molar-refractivity contribution in [3.05, 3.63) is 53.9 Å². The molecule has 0 N–H and O–H groups in total. The molecule has 4 heteroatoms. The zero-order valence-electron chi connectivity index (χ0n) is 13.2. The van der Waals surface area contributed by atoms with Crippen molar-refractivity contribution in [2.75, 3.05) is 7.11 Å². The van der Waals surface area contributed by atoms with Crippen LogP contribution in [0.2, 0.25) is 0 Å². The molecule has 0 unspecified atom stereocenters. The Morgan fingerprint density at radius 3 is 2.68 bits per heavy atom. The van der Waals surface area contributed by atoms with Gasteiger partial charge in [0.2, 0.25) is 0 Å². The predicted octanol–water partition coefficient (Wildman–Crippen LogP) is 3.69. The van der Waals surface area contributed by atoms with Crippen LogP contribution < -0.4 is 9.47 Å². The molecule has 0 atom stereocenters. The van der Waals surface area contributed by atoms with Crippen molar-refractivity contribution in [2.24, 2.45) is 0 Å². The Morgan fingerprint density at radius 2 is 2.05 bits per heavy atom. The fourth-order valence-electron chi connectivity index (χ4n) is 2.15. The van der Waals surface area contributed by atoms with Gasteiger partial charge in [0.25, 0.3) is 0 Å². The van der Waals surface area contributed by atoms with Crippen molar-refractivity contribution in [1.29, 1.82) is 0 Å². The largest absolute Gasteiger partial charge is 0.493 e. The van der Waals surface area contributed by atoms with Gasteiger partial charge in [0, 0.05) is 24.4 Å². The average molecular weight is 299 g/mol. The summed E-state index contributed by atoms with van der Waals surface area (Å²) in [5.74, 6) is 1.51. The van der Waals surface area contributed by atoms with Crippen LogP contribution in [0.3, 0.4) is 0 Å². The topological polar surface area (TPSA) is 48.4 Å². The Morgan fingerprint density at radius 1 is 1.23 bits per heavy atom. The number of rotatable bonds is 7. The zero-order valence-corrected chi connectivity index (χ0v) is 13.2. The first-order chi connectivity index (χ1) is 10.6. The highest BCUT2D eigenvalue weighted by atomic mass is 16.5. The molecule has 4 nitrogen and oxygen atoms in total. The van der Waals surface area contributed by atoms with Crippen LogP contribution in [0.1, 0.15) is 36.2 Å². The van der Waals surface area contributed by atoms with Crippen molar-refractivity contribution in [3.8, 4) is 11.5 Å². The molecular weight excluding hydrogens is 278 g/mol. The number of nitrogens with zero attached hydrogens (tertiary/aromatic N) is 1. The maximum absolute atomic E-state index is 12.1. The number of carbonyl (C=O) groups is 1. The molecule has 1 aromatic carbocycles. The highest BCUT2D eigenvalue weighted by molar-refractivity contribution is 5.95. The van der Waals surface area contributed by atoms with E-state index >= 15 is 0 Å². The van der Waals surface area contributed by atoms with Crippen molar-refractivity contribution in [2.45, 2.75) is 32.8 Å². The van der Waals surface area contributed by atoms with Crippen LogP contribution >= 0.6 is 0 Å². The quantitative estimate of drug-likeness (QED) is 0.732. The molecule has 1 aromatic heterocycles. The summed E-state index contributed by atoms with van der Waals surface area (Å²) in [6, 6.07) is 9.34. The number of aromatic nitrogens is 1. The number of hydrogen-bond donors (Lipinski definition) is 0. The Hall–Kier alpha value is -2.36. The molecule has 2 aromatic rings. The molecule has 0 spiro atoms. The third-order valence-corrected chi connectivity index (χ3v) is 3.21. The summed E-state index contributed by atoms with van der Waals surface area (Å²) >= 11 is 0. The molecule has 0 bridgehead atoms. The molecule has 22 heavy (non-hydrogen) atoms. The van der Waals surface area contributed by atoms with Gasteiger partial charge in [0.15, 0.2) is 17.3 Å². The van der Waals surface area contributed by atoms with E-state index in [1.54, 1.807) is 31.6 Å². The van der Waals surface area contributed by atoms with E-state index in [4.69, 9.17) is 9.47 Å². The van der Waals surface area contributed by atoms with Crippen LogP contribution in [0.4, 0.5) is 0 Å².